The first kappa shape index (κ1) is 16.8. The Labute approximate surface area is 133 Å². The van der Waals surface area contributed by atoms with E-state index in [2.05, 4.69) is 26.1 Å². The van der Waals surface area contributed by atoms with Gasteiger partial charge in [-0.15, -0.1) is 0 Å². The van der Waals surface area contributed by atoms with Gasteiger partial charge < -0.3 is 5.32 Å². The van der Waals surface area contributed by atoms with E-state index in [0.29, 0.717) is 10.9 Å². The lowest BCUT2D eigenvalue weighted by Gasteiger charge is -2.37. The fourth-order valence-corrected chi connectivity index (χ4v) is 3.76. The molecule has 1 saturated carbocycles. The third-order valence-electron chi connectivity index (χ3n) is 5.02. The minimum Gasteiger partial charge on any atom is -0.310 e. The van der Waals surface area contributed by atoms with E-state index >= 15 is 0 Å². The molecule has 2 rings (SSSR count). The van der Waals surface area contributed by atoms with Crippen LogP contribution in [0.2, 0.25) is 5.02 Å². The van der Waals surface area contributed by atoms with Gasteiger partial charge in [0.2, 0.25) is 0 Å². The Morgan fingerprint density at radius 1 is 1.29 bits per heavy atom. The molecule has 1 nitrogen and oxygen atoms in total. The Morgan fingerprint density at radius 3 is 2.67 bits per heavy atom. The molecule has 3 heteroatoms. The Kier molecular flexibility index (Phi) is 6.07. The molecule has 1 fully saturated rings. The standard InChI is InChI=1S/C18H27ClFN/c1-4-9-21-18(14-6-5-12(2)13(3)10-14)16-8-7-15(20)11-17(16)19/h7-8,11-14,18,21H,4-6,9-10H2,1-3H3. The van der Waals surface area contributed by atoms with Crippen molar-refractivity contribution < 1.29 is 4.39 Å². The van der Waals surface area contributed by atoms with Crippen LogP contribution in [0.4, 0.5) is 4.39 Å². The lowest BCUT2D eigenvalue weighted by atomic mass is 9.72. The second kappa shape index (κ2) is 7.60. The van der Waals surface area contributed by atoms with Crippen molar-refractivity contribution in [2.24, 2.45) is 17.8 Å². The number of benzene rings is 1. The minimum atomic E-state index is -0.261. The molecule has 0 aromatic heterocycles. The highest BCUT2D eigenvalue weighted by atomic mass is 35.5. The zero-order valence-electron chi connectivity index (χ0n) is 13.3. The normalized spacial score (nSPS) is 27.6. The molecule has 4 atom stereocenters. The van der Waals surface area contributed by atoms with E-state index in [4.69, 9.17) is 11.6 Å². The van der Waals surface area contributed by atoms with E-state index in [1.54, 1.807) is 0 Å². The monoisotopic (exact) mass is 311 g/mol. The largest absolute Gasteiger partial charge is 0.310 e. The molecule has 1 N–H and O–H groups in total. The molecule has 0 aliphatic heterocycles. The topological polar surface area (TPSA) is 12.0 Å². The van der Waals surface area contributed by atoms with Crippen molar-refractivity contribution in [1.82, 2.24) is 5.32 Å². The van der Waals surface area contributed by atoms with Crippen LogP contribution >= 0.6 is 11.6 Å². The molecule has 1 aliphatic rings. The van der Waals surface area contributed by atoms with Gasteiger partial charge in [-0.2, -0.15) is 0 Å². The van der Waals surface area contributed by atoms with Gasteiger partial charge in [0.1, 0.15) is 5.82 Å². The summed E-state index contributed by atoms with van der Waals surface area (Å²) in [5.74, 6) is 1.88. The van der Waals surface area contributed by atoms with E-state index in [9.17, 15) is 4.39 Å². The smallest absolute Gasteiger partial charge is 0.124 e. The van der Waals surface area contributed by atoms with E-state index in [-0.39, 0.29) is 11.9 Å². The summed E-state index contributed by atoms with van der Waals surface area (Å²) in [5, 5.41) is 4.20. The average Bonchev–Trinajstić information content (AvgIpc) is 2.44. The third-order valence-corrected chi connectivity index (χ3v) is 5.35. The first-order valence-electron chi connectivity index (χ1n) is 8.21. The van der Waals surface area contributed by atoms with Gasteiger partial charge in [-0.1, -0.05) is 44.9 Å². The second-order valence-corrected chi connectivity index (χ2v) is 7.03. The Bertz CT molecular complexity index is 463. The summed E-state index contributed by atoms with van der Waals surface area (Å²) in [4.78, 5) is 0. The van der Waals surface area contributed by atoms with Gasteiger partial charge >= 0.3 is 0 Å². The van der Waals surface area contributed by atoms with Gasteiger partial charge in [-0.3, -0.25) is 0 Å². The van der Waals surface area contributed by atoms with Gasteiger partial charge in [0, 0.05) is 11.1 Å². The predicted octanol–water partition coefficient (Wildman–Crippen LogP) is 5.59. The van der Waals surface area contributed by atoms with Crippen LogP contribution in [0.5, 0.6) is 0 Å². The van der Waals surface area contributed by atoms with Gasteiger partial charge in [0.05, 0.1) is 0 Å². The fourth-order valence-electron chi connectivity index (χ4n) is 3.48. The van der Waals surface area contributed by atoms with Crippen LogP contribution in [0.25, 0.3) is 0 Å². The SMILES string of the molecule is CCCNC(c1ccc(F)cc1Cl)C1CCC(C)C(C)C1. The number of halogens is 2. The average molecular weight is 312 g/mol. The summed E-state index contributed by atoms with van der Waals surface area (Å²) in [5.41, 5.74) is 1.05. The molecular weight excluding hydrogens is 285 g/mol. The van der Waals surface area contributed by atoms with Crippen LogP contribution in [-0.2, 0) is 0 Å². The molecule has 0 heterocycles. The molecule has 4 unspecified atom stereocenters. The first-order valence-corrected chi connectivity index (χ1v) is 8.59. The first-order chi connectivity index (χ1) is 10.0. The van der Waals surface area contributed by atoms with E-state index in [0.717, 1.165) is 30.4 Å². The van der Waals surface area contributed by atoms with Crippen molar-refractivity contribution in [2.45, 2.75) is 52.5 Å². The molecule has 0 bridgehead atoms. The third kappa shape index (κ3) is 4.20. The maximum Gasteiger partial charge on any atom is 0.124 e. The summed E-state index contributed by atoms with van der Waals surface area (Å²) in [6.07, 6.45) is 4.81. The van der Waals surface area contributed by atoms with Gasteiger partial charge in [0.25, 0.3) is 0 Å². The molecule has 1 aromatic carbocycles. The number of nitrogens with one attached hydrogen (secondary N) is 1. The quantitative estimate of drug-likeness (QED) is 0.747. The van der Waals surface area contributed by atoms with Crippen LogP contribution in [0, 0.1) is 23.6 Å². The zero-order valence-corrected chi connectivity index (χ0v) is 14.1. The second-order valence-electron chi connectivity index (χ2n) is 6.63. The summed E-state index contributed by atoms with van der Waals surface area (Å²) in [6.45, 7) is 7.83. The summed E-state index contributed by atoms with van der Waals surface area (Å²) >= 11 is 6.31. The molecule has 1 aliphatic carbocycles. The predicted molar refractivity (Wildman–Crippen MR) is 88.1 cm³/mol. The lowest BCUT2D eigenvalue weighted by molar-refractivity contribution is 0.171. The highest BCUT2D eigenvalue weighted by Crippen LogP contribution is 2.41. The Balaban J connectivity index is 2.21. The van der Waals surface area contributed by atoms with Crippen LogP contribution < -0.4 is 5.32 Å². The number of hydrogen-bond acceptors (Lipinski definition) is 1. The maximum absolute atomic E-state index is 13.3. The van der Waals surface area contributed by atoms with Crippen molar-refractivity contribution in [3.8, 4) is 0 Å². The van der Waals surface area contributed by atoms with Crippen LogP contribution in [0.1, 0.15) is 58.1 Å². The minimum absolute atomic E-state index is 0.244. The Hall–Kier alpha value is -0.600. The van der Waals surface area contributed by atoms with Crippen molar-refractivity contribution in [2.75, 3.05) is 6.54 Å². The molecule has 21 heavy (non-hydrogen) atoms. The van der Waals surface area contributed by atoms with Gasteiger partial charge in [-0.25, -0.2) is 4.39 Å². The van der Waals surface area contributed by atoms with Crippen LogP contribution in [0.3, 0.4) is 0 Å². The van der Waals surface area contributed by atoms with E-state index < -0.39 is 0 Å². The summed E-state index contributed by atoms with van der Waals surface area (Å²) in [7, 11) is 0. The number of rotatable bonds is 5. The zero-order chi connectivity index (χ0) is 15.4. The molecule has 0 spiro atoms. The van der Waals surface area contributed by atoms with Gasteiger partial charge in [0.15, 0.2) is 0 Å². The molecule has 0 saturated heterocycles. The Morgan fingerprint density at radius 2 is 2.05 bits per heavy atom. The van der Waals surface area contributed by atoms with E-state index in [1.165, 1.54) is 31.4 Å². The van der Waals surface area contributed by atoms with Crippen molar-refractivity contribution in [1.29, 1.82) is 0 Å². The highest BCUT2D eigenvalue weighted by molar-refractivity contribution is 6.31. The molecule has 1 aromatic rings. The molecule has 118 valence electrons. The fraction of sp³-hybridized carbons (Fsp3) is 0.667. The highest BCUT2D eigenvalue weighted by Gasteiger charge is 2.31. The van der Waals surface area contributed by atoms with Crippen molar-refractivity contribution >= 4 is 11.6 Å². The van der Waals surface area contributed by atoms with Crippen LogP contribution in [-0.4, -0.2) is 6.54 Å². The number of hydrogen-bond donors (Lipinski definition) is 1. The van der Waals surface area contributed by atoms with Gasteiger partial charge in [-0.05, 0) is 61.3 Å². The van der Waals surface area contributed by atoms with Crippen molar-refractivity contribution in [3.63, 3.8) is 0 Å². The van der Waals surface area contributed by atoms with E-state index in [1.807, 2.05) is 6.07 Å². The summed E-state index contributed by atoms with van der Waals surface area (Å²) in [6, 6.07) is 5.06. The van der Waals surface area contributed by atoms with Crippen LogP contribution in [0.15, 0.2) is 18.2 Å². The lowest BCUT2D eigenvalue weighted by Crippen LogP contribution is -2.34. The molecular formula is C18H27ClFN. The maximum atomic E-state index is 13.3. The summed E-state index contributed by atoms with van der Waals surface area (Å²) < 4.78 is 13.3. The molecule has 0 radical (unpaired) electrons. The van der Waals surface area contributed by atoms with Crippen molar-refractivity contribution in [3.05, 3.63) is 34.6 Å². The molecule has 0 amide bonds.